The Kier molecular flexibility index (Phi) is 4.23. The van der Waals surface area contributed by atoms with E-state index >= 15 is 0 Å². The van der Waals surface area contributed by atoms with Gasteiger partial charge in [0.1, 0.15) is 12.3 Å². The second-order valence-electron chi connectivity index (χ2n) is 5.21. The molecular formula is C17H16N2O4. The number of cyclic esters (lactones) is 1. The van der Waals surface area contributed by atoms with Crippen LogP contribution in [0.15, 0.2) is 55.0 Å². The first-order valence-corrected chi connectivity index (χ1v) is 7.28. The summed E-state index contributed by atoms with van der Waals surface area (Å²) in [5.41, 5.74) is 1.42. The number of hydrogen-bond acceptors (Lipinski definition) is 5. The average Bonchev–Trinajstić information content (AvgIpc) is 3.21. The number of carbonyl (C=O) groups excluding carboxylic acids is 2. The van der Waals surface area contributed by atoms with Gasteiger partial charge in [0.25, 0.3) is 0 Å². The average molecular weight is 312 g/mol. The van der Waals surface area contributed by atoms with Crippen LogP contribution >= 0.6 is 0 Å². The van der Waals surface area contributed by atoms with Crippen molar-refractivity contribution in [1.29, 1.82) is 0 Å². The Balaban J connectivity index is 1.69. The zero-order valence-electron chi connectivity index (χ0n) is 12.6. The zero-order chi connectivity index (χ0) is 16.2. The Labute approximate surface area is 133 Å². The summed E-state index contributed by atoms with van der Waals surface area (Å²) in [6.45, 7) is 1.97. The Morgan fingerprint density at radius 1 is 1.39 bits per heavy atom. The standard InChI is InChI=1S/C17H16N2O4/c1-12(13-5-3-2-4-6-13)19-11-18-9-15(19)17(21)22-10-14-7-8-16(20)23-14/h2-9,11-12,14H,10H2,1H3/t12-,14+/m1/s1. The Hall–Kier alpha value is -2.89. The van der Waals surface area contributed by atoms with Crippen LogP contribution in [0.3, 0.4) is 0 Å². The summed E-state index contributed by atoms with van der Waals surface area (Å²) < 4.78 is 11.9. The van der Waals surface area contributed by atoms with Crippen molar-refractivity contribution in [3.05, 3.63) is 66.3 Å². The molecule has 0 amide bonds. The molecule has 6 heteroatoms. The topological polar surface area (TPSA) is 70.4 Å². The van der Waals surface area contributed by atoms with E-state index in [0.717, 1.165) is 5.56 Å². The summed E-state index contributed by atoms with van der Waals surface area (Å²) in [5.74, 6) is -0.921. The fourth-order valence-corrected chi connectivity index (χ4v) is 2.40. The van der Waals surface area contributed by atoms with Crippen molar-refractivity contribution in [2.45, 2.75) is 19.1 Å². The van der Waals surface area contributed by atoms with Crippen molar-refractivity contribution in [3.8, 4) is 0 Å². The second-order valence-corrected chi connectivity index (χ2v) is 5.21. The van der Waals surface area contributed by atoms with Crippen LogP contribution in [-0.2, 0) is 14.3 Å². The van der Waals surface area contributed by atoms with Crippen molar-refractivity contribution in [2.75, 3.05) is 6.61 Å². The van der Waals surface area contributed by atoms with Crippen LogP contribution in [0.2, 0.25) is 0 Å². The molecule has 1 aromatic carbocycles. The molecule has 1 aliphatic rings. The lowest BCUT2D eigenvalue weighted by molar-refractivity contribution is -0.140. The molecule has 0 spiro atoms. The first kappa shape index (κ1) is 15.0. The summed E-state index contributed by atoms with van der Waals surface area (Å²) >= 11 is 0. The summed E-state index contributed by atoms with van der Waals surface area (Å²) in [4.78, 5) is 27.3. The maximum Gasteiger partial charge on any atom is 0.356 e. The van der Waals surface area contributed by atoms with Crippen molar-refractivity contribution in [1.82, 2.24) is 9.55 Å². The first-order valence-electron chi connectivity index (χ1n) is 7.28. The molecule has 0 saturated carbocycles. The molecule has 0 fully saturated rings. The normalized spacial score (nSPS) is 17.8. The van der Waals surface area contributed by atoms with Gasteiger partial charge in [0, 0.05) is 6.08 Å². The van der Waals surface area contributed by atoms with Crippen LogP contribution in [0.4, 0.5) is 0 Å². The van der Waals surface area contributed by atoms with Crippen LogP contribution in [0, 0.1) is 0 Å². The Morgan fingerprint density at radius 2 is 2.17 bits per heavy atom. The van der Waals surface area contributed by atoms with Gasteiger partial charge < -0.3 is 14.0 Å². The third-order valence-electron chi connectivity index (χ3n) is 3.67. The highest BCUT2D eigenvalue weighted by molar-refractivity contribution is 5.87. The summed E-state index contributed by atoms with van der Waals surface area (Å²) in [5, 5.41) is 0. The van der Waals surface area contributed by atoms with E-state index < -0.39 is 18.0 Å². The number of nitrogens with zero attached hydrogens (tertiary/aromatic N) is 2. The molecule has 2 aromatic rings. The summed E-state index contributed by atoms with van der Waals surface area (Å²) in [6.07, 6.45) is 5.44. The molecule has 2 atom stereocenters. The molecule has 0 N–H and O–H groups in total. The van der Waals surface area contributed by atoms with Gasteiger partial charge in [0.05, 0.1) is 18.6 Å². The fraction of sp³-hybridized carbons (Fsp3) is 0.235. The van der Waals surface area contributed by atoms with Gasteiger partial charge in [-0.25, -0.2) is 14.6 Å². The highest BCUT2D eigenvalue weighted by Gasteiger charge is 2.22. The van der Waals surface area contributed by atoms with Gasteiger partial charge in [0.2, 0.25) is 0 Å². The number of ether oxygens (including phenoxy) is 2. The number of imidazole rings is 1. The van der Waals surface area contributed by atoms with E-state index in [9.17, 15) is 9.59 Å². The lowest BCUT2D eigenvalue weighted by Gasteiger charge is -2.17. The van der Waals surface area contributed by atoms with Crippen LogP contribution in [0.1, 0.15) is 29.0 Å². The maximum atomic E-state index is 12.3. The van der Waals surface area contributed by atoms with Gasteiger partial charge in [-0.2, -0.15) is 0 Å². The number of carbonyl (C=O) groups is 2. The van der Waals surface area contributed by atoms with E-state index in [1.807, 2.05) is 37.3 Å². The predicted molar refractivity (Wildman–Crippen MR) is 81.8 cm³/mol. The molecule has 0 saturated heterocycles. The molecule has 1 aliphatic heterocycles. The third-order valence-corrected chi connectivity index (χ3v) is 3.67. The molecule has 6 nitrogen and oxygen atoms in total. The SMILES string of the molecule is C[C@H](c1ccccc1)n1cncc1C(=O)OC[C@@H]1C=CC(=O)O1. The van der Waals surface area contributed by atoms with E-state index in [0.29, 0.717) is 5.69 Å². The minimum Gasteiger partial charge on any atom is -0.457 e. The summed E-state index contributed by atoms with van der Waals surface area (Å²) in [7, 11) is 0. The number of aromatic nitrogens is 2. The van der Waals surface area contributed by atoms with E-state index in [1.165, 1.54) is 12.3 Å². The summed E-state index contributed by atoms with van der Waals surface area (Å²) in [6, 6.07) is 9.76. The van der Waals surface area contributed by atoms with E-state index in [2.05, 4.69) is 4.98 Å². The molecule has 0 aliphatic carbocycles. The zero-order valence-corrected chi connectivity index (χ0v) is 12.6. The number of rotatable bonds is 5. The largest absolute Gasteiger partial charge is 0.457 e. The van der Waals surface area contributed by atoms with Crippen molar-refractivity contribution in [3.63, 3.8) is 0 Å². The smallest absolute Gasteiger partial charge is 0.356 e. The van der Waals surface area contributed by atoms with Crippen LogP contribution in [0.5, 0.6) is 0 Å². The van der Waals surface area contributed by atoms with Crippen molar-refractivity contribution >= 4 is 11.9 Å². The Morgan fingerprint density at radius 3 is 2.87 bits per heavy atom. The van der Waals surface area contributed by atoms with Crippen LogP contribution < -0.4 is 0 Å². The minimum absolute atomic E-state index is 0.00797. The van der Waals surface area contributed by atoms with Gasteiger partial charge in [0.15, 0.2) is 6.10 Å². The van der Waals surface area contributed by atoms with Gasteiger partial charge in [-0.05, 0) is 18.6 Å². The van der Waals surface area contributed by atoms with Crippen LogP contribution in [0.25, 0.3) is 0 Å². The van der Waals surface area contributed by atoms with E-state index in [1.54, 1.807) is 17.0 Å². The van der Waals surface area contributed by atoms with Gasteiger partial charge in [-0.3, -0.25) is 0 Å². The highest BCUT2D eigenvalue weighted by atomic mass is 16.6. The molecule has 0 unspecified atom stereocenters. The third kappa shape index (κ3) is 3.31. The number of esters is 2. The monoisotopic (exact) mass is 312 g/mol. The van der Waals surface area contributed by atoms with E-state index in [4.69, 9.17) is 9.47 Å². The minimum atomic E-state index is -0.519. The molecule has 2 heterocycles. The van der Waals surface area contributed by atoms with Crippen LogP contribution in [-0.4, -0.2) is 34.2 Å². The highest BCUT2D eigenvalue weighted by Crippen LogP contribution is 2.20. The molecule has 3 rings (SSSR count). The maximum absolute atomic E-state index is 12.3. The lowest BCUT2D eigenvalue weighted by Crippen LogP contribution is -2.21. The van der Waals surface area contributed by atoms with Gasteiger partial charge >= 0.3 is 11.9 Å². The van der Waals surface area contributed by atoms with Crippen molar-refractivity contribution in [2.24, 2.45) is 0 Å². The predicted octanol–water partition coefficient (Wildman–Crippen LogP) is 2.13. The molecule has 0 bridgehead atoms. The molecule has 23 heavy (non-hydrogen) atoms. The number of benzene rings is 1. The van der Waals surface area contributed by atoms with Gasteiger partial charge in [-0.15, -0.1) is 0 Å². The molecule has 0 radical (unpaired) electrons. The lowest BCUT2D eigenvalue weighted by atomic mass is 10.1. The number of hydrogen-bond donors (Lipinski definition) is 0. The fourth-order valence-electron chi connectivity index (χ4n) is 2.40. The molecule has 118 valence electrons. The first-order chi connectivity index (χ1) is 11.1. The van der Waals surface area contributed by atoms with Crippen molar-refractivity contribution < 1.29 is 19.1 Å². The molecular weight excluding hydrogens is 296 g/mol. The Bertz CT molecular complexity index is 736. The van der Waals surface area contributed by atoms with Gasteiger partial charge in [-0.1, -0.05) is 30.3 Å². The molecule has 1 aromatic heterocycles. The second kappa shape index (κ2) is 6.48. The quantitative estimate of drug-likeness (QED) is 0.791. The van der Waals surface area contributed by atoms with E-state index in [-0.39, 0.29) is 12.6 Å².